The molecule has 0 atom stereocenters. The molecule has 0 fully saturated rings. The van der Waals surface area contributed by atoms with Gasteiger partial charge in [-0.05, 0) is 29.2 Å². The van der Waals surface area contributed by atoms with Crippen LogP contribution in [0.15, 0.2) is 53.6 Å². The molecule has 0 aliphatic heterocycles. The highest BCUT2D eigenvalue weighted by Gasteiger charge is 2.13. The zero-order chi connectivity index (χ0) is 19.2. The molecule has 0 aliphatic carbocycles. The van der Waals surface area contributed by atoms with Gasteiger partial charge in [0.25, 0.3) is 11.6 Å². The molecule has 0 bridgehead atoms. The van der Waals surface area contributed by atoms with Gasteiger partial charge in [-0.15, -0.1) is 0 Å². The summed E-state index contributed by atoms with van der Waals surface area (Å²) in [6.45, 7) is 6.14. The van der Waals surface area contributed by atoms with Gasteiger partial charge in [0.2, 0.25) is 0 Å². The zero-order valence-corrected chi connectivity index (χ0v) is 14.9. The van der Waals surface area contributed by atoms with Crippen molar-refractivity contribution in [3.05, 3.63) is 69.8 Å². The normalized spacial score (nSPS) is 11.3. The molecule has 0 saturated heterocycles. The standard InChI is InChI=1S/C19H21N3O4/c1-19(2,3)15-8-10-16(11-9-15)26-13-18(23)21-20-12-14-6-4-5-7-17(14)22(24)25/h4-12H,13H2,1-3H3,(H,21,23)/b20-12+. The van der Waals surface area contributed by atoms with Crippen molar-refractivity contribution in [3.8, 4) is 5.75 Å². The van der Waals surface area contributed by atoms with Gasteiger partial charge >= 0.3 is 0 Å². The fourth-order valence-corrected chi connectivity index (χ4v) is 2.17. The van der Waals surface area contributed by atoms with Crippen molar-refractivity contribution in [3.63, 3.8) is 0 Å². The van der Waals surface area contributed by atoms with Crippen LogP contribution in [0.3, 0.4) is 0 Å². The average Bonchev–Trinajstić information content (AvgIpc) is 2.60. The fourth-order valence-electron chi connectivity index (χ4n) is 2.17. The van der Waals surface area contributed by atoms with Crippen molar-refractivity contribution in [1.82, 2.24) is 5.43 Å². The molecule has 26 heavy (non-hydrogen) atoms. The van der Waals surface area contributed by atoms with E-state index in [1.165, 1.54) is 17.8 Å². The van der Waals surface area contributed by atoms with E-state index in [2.05, 4.69) is 31.3 Å². The molecule has 0 aromatic heterocycles. The van der Waals surface area contributed by atoms with E-state index in [4.69, 9.17) is 4.74 Å². The number of nitrogens with zero attached hydrogens (tertiary/aromatic N) is 2. The molecule has 0 unspecified atom stereocenters. The van der Waals surface area contributed by atoms with Gasteiger partial charge in [0, 0.05) is 6.07 Å². The minimum absolute atomic E-state index is 0.0463. The maximum atomic E-state index is 11.8. The highest BCUT2D eigenvalue weighted by Crippen LogP contribution is 2.24. The molecule has 0 saturated carbocycles. The van der Waals surface area contributed by atoms with Crippen molar-refractivity contribution in [1.29, 1.82) is 0 Å². The van der Waals surface area contributed by atoms with E-state index in [1.807, 2.05) is 24.3 Å². The highest BCUT2D eigenvalue weighted by atomic mass is 16.6. The summed E-state index contributed by atoms with van der Waals surface area (Å²) in [5.41, 5.74) is 3.72. The second-order valence-corrected chi connectivity index (χ2v) is 6.67. The fraction of sp³-hybridized carbons (Fsp3) is 0.263. The van der Waals surface area contributed by atoms with Crippen molar-refractivity contribution < 1.29 is 14.5 Å². The van der Waals surface area contributed by atoms with Crippen LogP contribution >= 0.6 is 0 Å². The Morgan fingerprint density at radius 1 is 1.19 bits per heavy atom. The molecule has 1 amide bonds. The topological polar surface area (TPSA) is 93.8 Å². The minimum atomic E-state index is -0.506. The summed E-state index contributed by atoms with van der Waals surface area (Å²) >= 11 is 0. The van der Waals surface area contributed by atoms with Crippen LogP contribution in [-0.2, 0) is 10.2 Å². The summed E-state index contributed by atoms with van der Waals surface area (Å²) in [7, 11) is 0. The molecule has 7 heteroatoms. The Hall–Kier alpha value is -3.22. The number of hydrazone groups is 1. The van der Waals surface area contributed by atoms with Crippen LogP contribution in [0.25, 0.3) is 0 Å². The first-order valence-corrected chi connectivity index (χ1v) is 8.06. The Labute approximate surface area is 151 Å². The molecular weight excluding hydrogens is 334 g/mol. The molecule has 2 aromatic carbocycles. The van der Waals surface area contributed by atoms with Crippen molar-refractivity contribution >= 4 is 17.8 Å². The van der Waals surface area contributed by atoms with Gasteiger partial charge in [0.1, 0.15) is 5.75 Å². The van der Waals surface area contributed by atoms with E-state index < -0.39 is 10.8 Å². The van der Waals surface area contributed by atoms with Crippen LogP contribution in [-0.4, -0.2) is 23.7 Å². The summed E-state index contributed by atoms with van der Waals surface area (Å²) in [5, 5.41) is 14.6. The smallest absolute Gasteiger partial charge is 0.278 e. The second kappa shape index (κ2) is 8.24. The monoisotopic (exact) mass is 355 g/mol. The largest absolute Gasteiger partial charge is 0.484 e. The summed E-state index contributed by atoms with van der Waals surface area (Å²) in [6.07, 6.45) is 1.23. The molecule has 2 rings (SSSR count). The molecule has 0 spiro atoms. The van der Waals surface area contributed by atoms with Gasteiger partial charge in [0.05, 0.1) is 16.7 Å². The van der Waals surface area contributed by atoms with Crippen molar-refractivity contribution in [2.45, 2.75) is 26.2 Å². The lowest BCUT2D eigenvalue weighted by molar-refractivity contribution is -0.385. The summed E-state index contributed by atoms with van der Waals surface area (Å²) in [5.74, 6) is 0.121. The van der Waals surface area contributed by atoms with E-state index in [9.17, 15) is 14.9 Å². The van der Waals surface area contributed by atoms with Gasteiger partial charge in [-0.3, -0.25) is 14.9 Å². The lowest BCUT2D eigenvalue weighted by Crippen LogP contribution is -2.24. The molecule has 2 aromatic rings. The number of nitro benzene ring substituents is 1. The second-order valence-electron chi connectivity index (χ2n) is 6.67. The number of carbonyl (C=O) groups is 1. The number of hydrogen-bond donors (Lipinski definition) is 1. The van der Waals surface area contributed by atoms with E-state index in [-0.39, 0.29) is 17.7 Å². The number of para-hydroxylation sites is 1. The third-order valence-corrected chi connectivity index (χ3v) is 3.62. The SMILES string of the molecule is CC(C)(C)c1ccc(OCC(=O)N/N=C/c2ccccc2[N+](=O)[O-])cc1. The molecular formula is C19H21N3O4. The number of nitrogens with one attached hydrogen (secondary N) is 1. The third-order valence-electron chi connectivity index (χ3n) is 3.62. The molecule has 1 N–H and O–H groups in total. The van der Waals surface area contributed by atoms with Crippen LogP contribution in [0.4, 0.5) is 5.69 Å². The number of hydrogen-bond acceptors (Lipinski definition) is 5. The molecule has 0 aliphatic rings. The molecule has 0 radical (unpaired) electrons. The number of ether oxygens (including phenoxy) is 1. The summed E-state index contributed by atoms with van der Waals surface area (Å²) in [6, 6.07) is 13.7. The molecule has 7 nitrogen and oxygen atoms in total. The van der Waals surface area contributed by atoms with Crippen molar-refractivity contribution in [2.24, 2.45) is 5.10 Å². The van der Waals surface area contributed by atoms with Gasteiger partial charge < -0.3 is 4.74 Å². The Morgan fingerprint density at radius 2 is 1.85 bits per heavy atom. The van der Waals surface area contributed by atoms with E-state index in [0.29, 0.717) is 11.3 Å². The predicted octanol–water partition coefficient (Wildman–Crippen LogP) is 3.42. The Kier molecular flexibility index (Phi) is 6.06. The summed E-state index contributed by atoms with van der Waals surface area (Å²) < 4.78 is 5.41. The Morgan fingerprint density at radius 3 is 2.46 bits per heavy atom. The van der Waals surface area contributed by atoms with Crippen LogP contribution < -0.4 is 10.2 Å². The highest BCUT2D eigenvalue weighted by molar-refractivity contribution is 5.86. The lowest BCUT2D eigenvalue weighted by Gasteiger charge is -2.19. The van der Waals surface area contributed by atoms with Crippen LogP contribution in [0.5, 0.6) is 5.75 Å². The van der Waals surface area contributed by atoms with E-state index in [1.54, 1.807) is 18.2 Å². The minimum Gasteiger partial charge on any atom is -0.484 e. The number of benzene rings is 2. The third kappa shape index (κ3) is 5.41. The summed E-state index contributed by atoms with van der Waals surface area (Å²) in [4.78, 5) is 22.2. The van der Waals surface area contributed by atoms with Gasteiger partial charge in [-0.1, -0.05) is 45.0 Å². The maximum Gasteiger partial charge on any atom is 0.278 e. The Bertz CT molecular complexity index is 808. The van der Waals surface area contributed by atoms with Crippen molar-refractivity contribution in [2.75, 3.05) is 6.61 Å². The number of carbonyl (C=O) groups excluding carboxylic acids is 1. The van der Waals surface area contributed by atoms with Crippen LogP contribution in [0, 0.1) is 10.1 Å². The Balaban J connectivity index is 1.87. The quantitative estimate of drug-likeness (QED) is 0.488. The zero-order valence-electron chi connectivity index (χ0n) is 14.9. The number of nitro groups is 1. The van der Waals surface area contributed by atoms with Crippen LogP contribution in [0.1, 0.15) is 31.9 Å². The number of rotatable bonds is 6. The van der Waals surface area contributed by atoms with Gasteiger partial charge in [-0.2, -0.15) is 5.10 Å². The maximum absolute atomic E-state index is 11.8. The molecule has 136 valence electrons. The predicted molar refractivity (Wildman–Crippen MR) is 99.5 cm³/mol. The first-order chi connectivity index (χ1) is 12.3. The first-order valence-electron chi connectivity index (χ1n) is 8.06. The van der Waals surface area contributed by atoms with Crippen LogP contribution in [0.2, 0.25) is 0 Å². The van der Waals surface area contributed by atoms with Gasteiger partial charge in [0.15, 0.2) is 6.61 Å². The van der Waals surface area contributed by atoms with Gasteiger partial charge in [-0.25, -0.2) is 5.43 Å². The average molecular weight is 355 g/mol. The lowest BCUT2D eigenvalue weighted by atomic mass is 9.87. The molecule has 0 heterocycles. The van der Waals surface area contributed by atoms with E-state index >= 15 is 0 Å². The number of amides is 1. The van der Waals surface area contributed by atoms with E-state index in [0.717, 1.165) is 0 Å². The first kappa shape index (κ1) is 19.1.